The maximum Gasteiger partial charge on any atom is 0.276 e. The smallest absolute Gasteiger partial charge is 0.276 e. The van der Waals surface area contributed by atoms with Gasteiger partial charge in [0.05, 0.1) is 19.5 Å². The Labute approximate surface area is 223 Å². The topological polar surface area (TPSA) is 338 Å². The number of anilines is 1. The number of ether oxygens (including phenoxy) is 2. The summed E-state index contributed by atoms with van der Waals surface area (Å²) in [7, 11) is -11.8. The second kappa shape index (κ2) is 11.9. The van der Waals surface area contributed by atoms with E-state index in [9.17, 15) is 49.6 Å². The van der Waals surface area contributed by atoms with Crippen LogP contribution in [0.2, 0.25) is 0 Å². The number of nitrogen functional groups attached to an aromatic ring is 1. The van der Waals surface area contributed by atoms with Crippen LogP contribution in [0.25, 0.3) is 11.2 Å². The predicted octanol–water partition coefficient (Wildman–Crippen LogP) is -5.82. The first kappa shape index (κ1) is 31.2. The zero-order valence-electron chi connectivity index (χ0n) is 19.9. The van der Waals surface area contributed by atoms with E-state index >= 15 is 0 Å². The maximum atomic E-state index is 12.2. The number of hydrogen-bond donors (Lipinski definition) is 8. The van der Waals surface area contributed by atoms with Crippen molar-refractivity contribution in [2.45, 2.75) is 61.3 Å². The predicted molar refractivity (Wildman–Crippen MR) is 119 cm³/mol. The third-order valence-corrected chi connectivity index (χ3v) is 8.53. The van der Waals surface area contributed by atoms with E-state index in [4.69, 9.17) is 20.3 Å². The molecule has 2 aromatic heterocycles. The molecule has 0 saturated carbocycles. The number of nitrogens with zero attached hydrogens (tertiary/aromatic N) is 4. The zero-order valence-corrected chi connectivity index (χ0v) is 21.7. The Morgan fingerprint density at radius 1 is 1.00 bits per heavy atom. The van der Waals surface area contributed by atoms with Gasteiger partial charge in [0, 0.05) is 0 Å². The van der Waals surface area contributed by atoms with Gasteiger partial charge in [-0.25, -0.2) is 19.3 Å². The summed E-state index contributed by atoms with van der Waals surface area (Å²) < 4.78 is 48.6. The zero-order chi connectivity index (χ0) is 29.6. The third-order valence-electron chi connectivity index (χ3n) is 6.00. The van der Waals surface area contributed by atoms with Crippen molar-refractivity contribution in [1.29, 1.82) is 0 Å². The number of phosphoric ester groups is 2. The summed E-state index contributed by atoms with van der Waals surface area (Å²) >= 11 is 0. The van der Waals surface area contributed by atoms with Gasteiger partial charge in [0.2, 0.25) is 0 Å². The fourth-order valence-corrected chi connectivity index (χ4v) is 6.07. The van der Waals surface area contributed by atoms with Crippen LogP contribution in [0.15, 0.2) is 12.7 Å². The molecule has 0 aromatic carbocycles. The van der Waals surface area contributed by atoms with Crippen LogP contribution < -0.4 is 15.5 Å². The number of aliphatic hydroxyl groups excluding tert-OH is 7. The van der Waals surface area contributed by atoms with E-state index in [1.165, 1.54) is 10.9 Å². The summed E-state index contributed by atoms with van der Waals surface area (Å²) in [6.45, 7) is -2.06. The Balaban J connectivity index is 1.38. The molecule has 226 valence electrons. The van der Waals surface area contributed by atoms with Gasteiger partial charge in [-0.2, -0.15) is 0 Å². The number of phosphoric acid groups is 2. The summed E-state index contributed by atoms with van der Waals surface area (Å²) in [5.41, 5.74) is 5.98. The molecule has 0 radical (unpaired) electrons. The molecule has 2 aliphatic heterocycles. The van der Waals surface area contributed by atoms with Crippen molar-refractivity contribution in [2.24, 2.45) is 0 Å². The van der Waals surface area contributed by atoms with Crippen molar-refractivity contribution in [3.05, 3.63) is 12.7 Å². The first-order chi connectivity index (χ1) is 18.7. The minimum atomic E-state index is -5.97. The van der Waals surface area contributed by atoms with Gasteiger partial charge in [0.25, 0.3) is 15.6 Å². The molecule has 0 bridgehead atoms. The van der Waals surface area contributed by atoms with Crippen LogP contribution in [0.5, 0.6) is 0 Å². The molecule has 0 amide bonds. The fraction of sp³-hybridized carbons (Fsp3) is 0.706. The quantitative estimate of drug-likeness (QED) is 0.115. The number of aliphatic hydroxyl groups is 7. The van der Waals surface area contributed by atoms with Crippen LogP contribution in [0, 0.1) is 0 Å². The number of fused-ring (bicyclic) bond motifs is 1. The van der Waals surface area contributed by atoms with Gasteiger partial charge >= 0.3 is 0 Å². The molecule has 2 aliphatic rings. The number of hydrogen-bond acceptors (Lipinski definition) is 20. The minimum absolute atomic E-state index is 0.0160. The van der Waals surface area contributed by atoms with Crippen molar-refractivity contribution in [3.63, 3.8) is 0 Å². The Kier molecular flexibility index (Phi) is 9.25. The maximum absolute atomic E-state index is 12.2. The Hall–Kier alpha value is -1.75. The lowest BCUT2D eigenvalue weighted by Crippen LogP contribution is -2.61. The van der Waals surface area contributed by atoms with Gasteiger partial charge in [-0.15, -0.1) is 0 Å². The molecule has 12 atom stereocenters. The van der Waals surface area contributed by atoms with Gasteiger partial charge < -0.3 is 65.3 Å². The average molecular weight is 617 g/mol. The lowest BCUT2D eigenvalue weighted by atomic mass is 9.96. The summed E-state index contributed by atoms with van der Waals surface area (Å²) in [4.78, 5) is 36.1. The molecule has 2 fully saturated rings. The summed E-state index contributed by atoms with van der Waals surface area (Å²) in [5.74, 6) is 0.0160. The van der Waals surface area contributed by atoms with E-state index in [-0.39, 0.29) is 17.0 Å². The van der Waals surface area contributed by atoms with Crippen LogP contribution in [0.3, 0.4) is 0 Å². The molecule has 2 aromatic rings. The number of rotatable bonds is 10. The minimum Gasteiger partial charge on any atom is -0.756 e. The van der Waals surface area contributed by atoms with E-state index in [1.807, 2.05) is 0 Å². The SMILES string of the molecule is Nc1ncnc2c1ncn2[C@@H]1O[C@H](COP(=O)([O-])OP(=O)([O-])OC2O[C@H]([C@@H](O)CO)[C@@H](O)[C@H](O)[C@@H]2O)[C@@H](O)[C@H]1O. The monoisotopic (exact) mass is 617 g/mol. The molecular weight excluding hydrogens is 592 g/mol. The van der Waals surface area contributed by atoms with Crippen molar-refractivity contribution in [2.75, 3.05) is 18.9 Å². The van der Waals surface area contributed by atoms with E-state index in [2.05, 4.69) is 28.3 Å². The van der Waals surface area contributed by atoms with Crippen LogP contribution in [0.1, 0.15) is 6.23 Å². The lowest BCUT2D eigenvalue weighted by Gasteiger charge is -2.43. The number of imidazole rings is 1. The highest BCUT2D eigenvalue weighted by Crippen LogP contribution is 2.57. The largest absolute Gasteiger partial charge is 0.756 e. The van der Waals surface area contributed by atoms with Gasteiger partial charge in [0.15, 0.2) is 24.0 Å². The Morgan fingerprint density at radius 2 is 1.70 bits per heavy atom. The second-order valence-corrected chi connectivity index (χ2v) is 11.6. The molecule has 4 rings (SSSR count). The van der Waals surface area contributed by atoms with Crippen molar-refractivity contribution in [1.82, 2.24) is 19.5 Å². The van der Waals surface area contributed by atoms with Crippen LogP contribution in [0.4, 0.5) is 5.82 Å². The van der Waals surface area contributed by atoms with Gasteiger partial charge in [0.1, 0.15) is 60.7 Å². The summed E-state index contributed by atoms with van der Waals surface area (Å²) in [6.07, 6.45) is -16.5. The highest BCUT2D eigenvalue weighted by Gasteiger charge is 2.48. The Morgan fingerprint density at radius 3 is 2.38 bits per heavy atom. The molecule has 40 heavy (non-hydrogen) atoms. The van der Waals surface area contributed by atoms with Crippen molar-refractivity contribution in [3.8, 4) is 0 Å². The molecule has 9 N–H and O–H groups in total. The van der Waals surface area contributed by atoms with Gasteiger partial charge in [-0.05, 0) is 0 Å². The molecule has 2 saturated heterocycles. The molecule has 3 unspecified atom stereocenters. The first-order valence-corrected chi connectivity index (χ1v) is 14.2. The van der Waals surface area contributed by atoms with E-state index < -0.39 is 90.2 Å². The highest BCUT2D eigenvalue weighted by molar-refractivity contribution is 7.59. The van der Waals surface area contributed by atoms with E-state index in [0.29, 0.717) is 0 Å². The lowest BCUT2D eigenvalue weighted by molar-refractivity contribution is -0.313. The molecule has 0 aliphatic carbocycles. The van der Waals surface area contributed by atoms with Gasteiger partial charge in [-0.1, -0.05) is 0 Å². The first-order valence-electron chi connectivity index (χ1n) is 11.3. The summed E-state index contributed by atoms with van der Waals surface area (Å²) in [6, 6.07) is 0. The van der Waals surface area contributed by atoms with E-state index in [1.54, 1.807) is 0 Å². The fourth-order valence-electron chi connectivity index (χ4n) is 3.99. The second-order valence-electron chi connectivity index (χ2n) is 8.70. The Bertz CT molecular complexity index is 1290. The average Bonchev–Trinajstić information content (AvgIpc) is 3.43. The molecular formula is C17H25N5O16P2-2. The van der Waals surface area contributed by atoms with Gasteiger partial charge in [-0.3, -0.25) is 18.2 Å². The standard InChI is InChI=1S/C17H27N5O16P2/c18-14-7-15(20-3-19-14)22(4-21-7)16-11(28)8(25)6(35-16)2-34-39(30,31)38-40(32,33)37-17-12(29)9(26)10(27)13(36-17)5(24)1-23/h3-6,8-13,16-17,23-29H,1-2H2,(H,30,31)(H,32,33)(H2,18,19,20)/p-2/t5-,6+,8+,9-,10-,11+,12-,13+,16+,17?/m0/s1. The summed E-state index contributed by atoms with van der Waals surface area (Å²) in [5, 5.41) is 69.1. The highest BCUT2D eigenvalue weighted by atomic mass is 31.3. The molecule has 0 spiro atoms. The number of aromatic nitrogens is 4. The van der Waals surface area contributed by atoms with Crippen LogP contribution in [-0.4, -0.2) is 124 Å². The van der Waals surface area contributed by atoms with E-state index in [0.717, 1.165) is 6.33 Å². The molecule has 21 nitrogen and oxygen atoms in total. The van der Waals surface area contributed by atoms with Crippen molar-refractivity contribution >= 4 is 32.6 Å². The number of nitrogens with two attached hydrogens (primary N) is 1. The molecule has 23 heteroatoms. The normalized spacial score (nSPS) is 36.8. The van der Waals surface area contributed by atoms with Crippen LogP contribution >= 0.6 is 15.6 Å². The van der Waals surface area contributed by atoms with Crippen LogP contribution in [-0.2, 0) is 32.0 Å². The molecule has 4 heterocycles. The van der Waals surface area contributed by atoms with Crippen molar-refractivity contribution < 1.29 is 77.5 Å². The third kappa shape index (κ3) is 6.35.